The highest BCUT2D eigenvalue weighted by molar-refractivity contribution is 5.98. The molecule has 0 aliphatic carbocycles. The highest BCUT2D eigenvalue weighted by atomic mass is 16.3. The molecular formula is C13H17N3O. The van der Waals surface area contributed by atoms with E-state index in [0.29, 0.717) is 6.42 Å². The van der Waals surface area contributed by atoms with Crippen LogP contribution in [0.2, 0.25) is 0 Å². The molecule has 1 heterocycles. The quantitative estimate of drug-likeness (QED) is 0.704. The van der Waals surface area contributed by atoms with Gasteiger partial charge in [-0.1, -0.05) is 0 Å². The fourth-order valence-corrected chi connectivity index (χ4v) is 1.84. The maximum Gasteiger partial charge on any atom is 0.0953 e. The molecule has 0 aliphatic heterocycles. The van der Waals surface area contributed by atoms with Gasteiger partial charge in [-0.25, -0.2) is 0 Å². The Kier molecular flexibility index (Phi) is 3.44. The molecule has 1 aromatic carbocycles. The Morgan fingerprint density at radius 2 is 2.24 bits per heavy atom. The molecule has 0 saturated carbocycles. The van der Waals surface area contributed by atoms with Gasteiger partial charge in [-0.05, 0) is 37.6 Å². The first-order chi connectivity index (χ1) is 8.22. The van der Waals surface area contributed by atoms with E-state index >= 15 is 0 Å². The number of nitrogens with two attached hydrogens (primary N) is 1. The molecule has 2 aromatic rings. The third-order valence-electron chi connectivity index (χ3n) is 2.77. The van der Waals surface area contributed by atoms with E-state index in [-0.39, 0.29) is 12.6 Å². The van der Waals surface area contributed by atoms with Crippen molar-refractivity contribution in [1.82, 2.24) is 4.98 Å². The number of anilines is 2. The van der Waals surface area contributed by atoms with Gasteiger partial charge >= 0.3 is 0 Å². The Morgan fingerprint density at radius 3 is 3.00 bits per heavy atom. The molecule has 1 atom stereocenters. The molecule has 0 radical (unpaired) electrons. The molecule has 0 spiro atoms. The van der Waals surface area contributed by atoms with E-state index in [1.165, 1.54) is 0 Å². The van der Waals surface area contributed by atoms with E-state index in [1.54, 1.807) is 6.20 Å². The number of aliphatic hydroxyl groups is 1. The lowest BCUT2D eigenvalue weighted by atomic mass is 10.1. The molecule has 4 nitrogen and oxygen atoms in total. The molecule has 0 fully saturated rings. The number of hydrogen-bond donors (Lipinski definition) is 3. The summed E-state index contributed by atoms with van der Waals surface area (Å²) in [6, 6.07) is 7.84. The minimum absolute atomic E-state index is 0.175. The minimum atomic E-state index is 0.175. The zero-order valence-electron chi connectivity index (χ0n) is 9.85. The van der Waals surface area contributed by atoms with Crippen molar-refractivity contribution in [3.05, 3.63) is 30.5 Å². The largest absolute Gasteiger partial charge is 0.398 e. The third-order valence-corrected chi connectivity index (χ3v) is 2.77. The van der Waals surface area contributed by atoms with Gasteiger partial charge in [-0.15, -0.1) is 0 Å². The number of hydrogen-bond acceptors (Lipinski definition) is 4. The summed E-state index contributed by atoms with van der Waals surface area (Å²) in [5.74, 6) is 0. The highest BCUT2D eigenvalue weighted by Gasteiger charge is 2.07. The molecule has 1 unspecified atom stereocenters. The van der Waals surface area contributed by atoms with Crippen molar-refractivity contribution >= 4 is 22.3 Å². The molecule has 0 aliphatic rings. The van der Waals surface area contributed by atoms with Gasteiger partial charge in [0.05, 0.1) is 11.2 Å². The van der Waals surface area contributed by atoms with Gasteiger partial charge in [-0.2, -0.15) is 0 Å². The molecule has 0 saturated heterocycles. The molecule has 2 rings (SSSR count). The van der Waals surface area contributed by atoms with Crippen LogP contribution in [0.25, 0.3) is 10.9 Å². The summed E-state index contributed by atoms with van der Waals surface area (Å²) in [7, 11) is 0. The lowest BCUT2D eigenvalue weighted by Gasteiger charge is -2.16. The van der Waals surface area contributed by atoms with Crippen LogP contribution in [0.15, 0.2) is 30.5 Å². The summed E-state index contributed by atoms with van der Waals surface area (Å²) in [6.07, 6.45) is 2.46. The van der Waals surface area contributed by atoms with Crippen molar-refractivity contribution in [3.8, 4) is 0 Å². The van der Waals surface area contributed by atoms with Crippen molar-refractivity contribution in [2.24, 2.45) is 0 Å². The predicted molar refractivity (Wildman–Crippen MR) is 70.9 cm³/mol. The second-order valence-corrected chi connectivity index (χ2v) is 4.16. The van der Waals surface area contributed by atoms with E-state index < -0.39 is 0 Å². The molecule has 4 N–H and O–H groups in total. The Hall–Kier alpha value is -1.81. The maximum atomic E-state index is 8.90. The third kappa shape index (κ3) is 2.47. The first-order valence-electron chi connectivity index (χ1n) is 5.73. The second kappa shape index (κ2) is 5.01. The first kappa shape index (κ1) is 11.7. The van der Waals surface area contributed by atoms with Crippen molar-refractivity contribution < 1.29 is 5.11 Å². The summed E-state index contributed by atoms with van der Waals surface area (Å²) in [5.41, 5.74) is 8.46. The number of fused-ring (bicyclic) bond motifs is 1. The van der Waals surface area contributed by atoms with Gasteiger partial charge < -0.3 is 16.2 Å². The average Bonchev–Trinajstić information content (AvgIpc) is 2.34. The minimum Gasteiger partial charge on any atom is -0.398 e. The van der Waals surface area contributed by atoms with Crippen LogP contribution in [0.3, 0.4) is 0 Å². The number of nitrogens with one attached hydrogen (secondary N) is 1. The van der Waals surface area contributed by atoms with Gasteiger partial charge in [0.2, 0.25) is 0 Å². The topological polar surface area (TPSA) is 71.2 Å². The number of nitrogen functional groups attached to an aromatic ring is 1. The summed E-state index contributed by atoms with van der Waals surface area (Å²) >= 11 is 0. The first-order valence-corrected chi connectivity index (χ1v) is 5.73. The predicted octanol–water partition coefficient (Wildman–Crippen LogP) is 2.00. The smallest absolute Gasteiger partial charge is 0.0953 e. The lowest BCUT2D eigenvalue weighted by Crippen LogP contribution is -2.16. The van der Waals surface area contributed by atoms with Crippen molar-refractivity contribution in [2.75, 3.05) is 17.7 Å². The number of nitrogens with zero attached hydrogens (tertiary/aromatic N) is 1. The van der Waals surface area contributed by atoms with Crippen LogP contribution in [0.5, 0.6) is 0 Å². The van der Waals surface area contributed by atoms with Crippen LogP contribution in [-0.2, 0) is 0 Å². The Balaban J connectivity index is 2.38. The zero-order chi connectivity index (χ0) is 12.3. The SMILES string of the molecule is CC(CCO)Nc1ccc(N)c2cccnc12. The van der Waals surface area contributed by atoms with E-state index in [2.05, 4.69) is 10.3 Å². The summed E-state index contributed by atoms with van der Waals surface area (Å²) in [5, 5.41) is 13.2. The second-order valence-electron chi connectivity index (χ2n) is 4.16. The summed E-state index contributed by atoms with van der Waals surface area (Å²) < 4.78 is 0. The van der Waals surface area contributed by atoms with Crippen LogP contribution in [0, 0.1) is 0 Å². The van der Waals surface area contributed by atoms with Gasteiger partial charge in [0, 0.05) is 29.9 Å². The Morgan fingerprint density at radius 1 is 1.41 bits per heavy atom. The zero-order valence-corrected chi connectivity index (χ0v) is 9.85. The average molecular weight is 231 g/mol. The number of aliphatic hydroxyl groups excluding tert-OH is 1. The van der Waals surface area contributed by atoms with E-state index in [1.807, 2.05) is 31.2 Å². The summed E-state index contributed by atoms with van der Waals surface area (Å²) in [4.78, 5) is 4.35. The van der Waals surface area contributed by atoms with E-state index in [4.69, 9.17) is 10.8 Å². The van der Waals surface area contributed by atoms with Crippen molar-refractivity contribution in [1.29, 1.82) is 0 Å². The lowest BCUT2D eigenvalue weighted by molar-refractivity contribution is 0.282. The fraction of sp³-hybridized carbons (Fsp3) is 0.308. The molecule has 17 heavy (non-hydrogen) atoms. The fourth-order valence-electron chi connectivity index (χ4n) is 1.84. The number of aromatic nitrogens is 1. The Labute approximate surface area is 100 Å². The number of rotatable bonds is 4. The monoisotopic (exact) mass is 231 g/mol. The van der Waals surface area contributed by atoms with Gasteiger partial charge in [0.25, 0.3) is 0 Å². The molecule has 0 bridgehead atoms. The standard InChI is InChI=1S/C13H17N3O/c1-9(6-8-17)16-12-5-4-11(14)10-3-2-7-15-13(10)12/h2-5,7,9,16-17H,6,8,14H2,1H3. The molecule has 1 aromatic heterocycles. The van der Waals surface area contributed by atoms with E-state index in [0.717, 1.165) is 22.3 Å². The number of pyridine rings is 1. The van der Waals surface area contributed by atoms with Gasteiger partial charge in [0.15, 0.2) is 0 Å². The normalized spacial score (nSPS) is 12.6. The Bertz CT molecular complexity index is 513. The van der Waals surface area contributed by atoms with Crippen LogP contribution in [0.1, 0.15) is 13.3 Å². The highest BCUT2D eigenvalue weighted by Crippen LogP contribution is 2.26. The van der Waals surface area contributed by atoms with Crippen LogP contribution in [0.4, 0.5) is 11.4 Å². The van der Waals surface area contributed by atoms with Crippen molar-refractivity contribution in [2.45, 2.75) is 19.4 Å². The summed E-state index contributed by atoms with van der Waals surface area (Å²) in [6.45, 7) is 2.20. The molecular weight excluding hydrogens is 214 g/mol. The van der Waals surface area contributed by atoms with Gasteiger partial charge in [0.1, 0.15) is 0 Å². The van der Waals surface area contributed by atoms with E-state index in [9.17, 15) is 0 Å². The van der Waals surface area contributed by atoms with Crippen LogP contribution in [-0.4, -0.2) is 22.7 Å². The van der Waals surface area contributed by atoms with Crippen molar-refractivity contribution in [3.63, 3.8) is 0 Å². The number of benzene rings is 1. The van der Waals surface area contributed by atoms with Crippen LogP contribution < -0.4 is 11.1 Å². The van der Waals surface area contributed by atoms with Crippen LogP contribution >= 0.6 is 0 Å². The molecule has 4 heteroatoms. The molecule has 90 valence electrons. The maximum absolute atomic E-state index is 8.90. The molecule has 0 amide bonds. The van der Waals surface area contributed by atoms with Gasteiger partial charge in [-0.3, -0.25) is 4.98 Å².